The van der Waals surface area contributed by atoms with E-state index in [1.807, 2.05) is 44.2 Å². The van der Waals surface area contributed by atoms with Crippen LogP contribution in [0.1, 0.15) is 37.9 Å². The number of ether oxygens (including phenoxy) is 1. The number of aromatic nitrogens is 1. The monoisotopic (exact) mass is 382 g/mol. The number of hydrogen-bond donors (Lipinski definition) is 3. The Balaban J connectivity index is 1.88. The quantitative estimate of drug-likeness (QED) is 0.605. The standard InChI is InChI=1S/C21H26N4O3/c1-14-18(11-16(12-22)20(27)25-14)15-6-8-17(9-7-15)28-10-4-5-19(26)24-13-21(2,3)23/h6-9,11H,4-5,10,13,23H2,1-3H3,(H,24,26)(H,25,27). The van der Waals surface area contributed by atoms with Crippen molar-refractivity contribution in [3.8, 4) is 22.9 Å². The van der Waals surface area contributed by atoms with E-state index in [-0.39, 0.29) is 17.0 Å². The van der Waals surface area contributed by atoms with Gasteiger partial charge in [0.1, 0.15) is 17.4 Å². The van der Waals surface area contributed by atoms with Crippen LogP contribution in [0, 0.1) is 18.3 Å². The maximum Gasteiger partial charge on any atom is 0.266 e. The molecule has 0 aliphatic rings. The fourth-order valence-corrected chi connectivity index (χ4v) is 2.57. The van der Waals surface area contributed by atoms with Crippen LogP contribution in [0.5, 0.6) is 5.75 Å². The number of aromatic amines is 1. The van der Waals surface area contributed by atoms with Crippen LogP contribution < -0.4 is 21.3 Å². The molecule has 1 aromatic heterocycles. The van der Waals surface area contributed by atoms with Crippen LogP contribution in [0.25, 0.3) is 11.1 Å². The van der Waals surface area contributed by atoms with E-state index < -0.39 is 5.54 Å². The van der Waals surface area contributed by atoms with Crippen molar-refractivity contribution in [3.63, 3.8) is 0 Å². The summed E-state index contributed by atoms with van der Waals surface area (Å²) in [6, 6.07) is 10.9. The van der Waals surface area contributed by atoms with Gasteiger partial charge in [0.25, 0.3) is 5.56 Å². The molecule has 7 nitrogen and oxygen atoms in total. The normalized spacial score (nSPS) is 11.0. The van der Waals surface area contributed by atoms with E-state index in [4.69, 9.17) is 15.7 Å². The number of carbonyl (C=O) groups is 1. The molecule has 0 bridgehead atoms. The molecule has 1 aromatic carbocycles. The molecule has 0 aliphatic carbocycles. The molecule has 0 fully saturated rings. The van der Waals surface area contributed by atoms with E-state index in [0.29, 0.717) is 37.4 Å². The molecule has 0 unspecified atom stereocenters. The van der Waals surface area contributed by atoms with Gasteiger partial charge >= 0.3 is 0 Å². The molecular weight excluding hydrogens is 356 g/mol. The molecule has 0 spiro atoms. The van der Waals surface area contributed by atoms with Crippen LogP contribution in [0.4, 0.5) is 0 Å². The molecule has 2 aromatic rings. The highest BCUT2D eigenvalue weighted by atomic mass is 16.5. The van der Waals surface area contributed by atoms with E-state index in [9.17, 15) is 9.59 Å². The third-order valence-electron chi connectivity index (χ3n) is 4.08. The number of nitriles is 1. The third-order valence-corrected chi connectivity index (χ3v) is 4.08. The van der Waals surface area contributed by atoms with Gasteiger partial charge in [-0.1, -0.05) is 12.1 Å². The highest BCUT2D eigenvalue weighted by Crippen LogP contribution is 2.24. The van der Waals surface area contributed by atoms with Gasteiger partial charge in [0, 0.05) is 29.8 Å². The Morgan fingerprint density at radius 1 is 1.32 bits per heavy atom. The molecule has 0 radical (unpaired) electrons. The largest absolute Gasteiger partial charge is 0.494 e. The first kappa shape index (κ1) is 21.2. The molecule has 2 rings (SSSR count). The Morgan fingerprint density at radius 3 is 2.61 bits per heavy atom. The number of nitrogens with one attached hydrogen (secondary N) is 2. The van der Waals surface area contributed by atoms with Gasteiger partial charge in [-0.25, -0.2) is 0 Å². The number of nitrogens with two attached hydrogens (primary N) is 1. The molecule has 1 heterocycles. The lowest BCUT2D eigenvalue weighted by atomic mass is 10.0. The predicted octanol–water partition coefficient (Wildman–Crippen LogP) is 2.23. The summed E-state index contributed by atoms with van der Waals surface area (Å²) in [6.07, 6.45) is 0.977. The smallest absolute Gasteiger partial charge is 0.266 e. The lowest BCUT2D eigenvalue weighted by Gasteiger charge is -2.18. The third kappa shape index (κ3) is 6.25. The van der Waals surface area contributed by atoms with E-state index in [2.05, 4.69) is 10.3 Å². The minimum Gasteiger partial charge on any atom is -0.494 e. The summed E-state index contributed by atoms with van der Waals surface area (Å²) in [6.45, 7) is 6.37. The highest BCUT2D eigenvalue weighted by molar-refractivity contribution is 5.75. The number of benzene rings is 1. The van der Waals surface area contributed by atoms with Crippen LogP contribution in [-0.2, 0) is 4.79 Å². The number of rotatable bonds is 8. The van der Waals surface area contributed by atoms with Gasteiger partial charge in [-0.3, -0.25) is 9.59 Å². The van der Waals surface area contributed by atoms with Crippen molar-refractivity contribution < 1.29 is 9.53 Å². The number of amides is 1. The van der Waals surface area contributed by atoms with Gasteiger partial charge in [-0.15, -0.1) is 0 Å². The first-order valence-corrected chi connectivity index (χ1v) is 9.12. The van der Waals surface area contributed by atoms with Gasteiger partial charge in [-0.2, -0.15) is 5.26 Å². The second-order valence-electron chi connectivity index (χ2n) is 7.40. The molecule has 28 heavy (non-hydrogen) atoms. The van der Waals surface area contributed by atoms with E-state index in [1.165, 1.54) is 0 Å². The number of H-pyrrole nitrogens is 1. The molecule has 0 aliphatic heterocycles. The molecule has 0 saturated heterocycles. The number of aryl methyl sites for hydroxylation is 1. The zero-order chi connectivity index (χ0) is 20.7. The lowest BCUT2D eigenvalue weighted by molar-refractivity contribution is -0.121. The fraction of sp³-hybridized carbons (Fsp3) is 0.381. The van der Waals surface area contributed by atoms with Crippen LogP contribution >= 0.6 is 0 Å². The maximum atomic E-state index is 11.7. The van der Waals surface area contributed by atoms with Crippen LogP contribution in [0.2, 0.25) is 0 Å². The lowest BCUT2D eigenvalue weighted by Crippen LogP contribution is -2.45. The molecule has 1 amide bonds. The molecule has 148 valence electrons. The average Bonchev–Trinajstić information content (AvgIpc) is 2.64. The average molecular weight is 382 g/mol. The summed E-state index contributed by atoms with van der Waals surface area (Å²) in [5, 5.41) is 11.8. The summed E-state index contributed by atoms with van der Waals surface area (Å²) >= 11 is 0. The summed E-state index contributed by atoms with van der Waals surface area (Å²) in [5.74, 6) is 0.647. The van der Waals surface area contributed by atoms with E-state index in [0.717, 1.165) is 11.1 Å². The number of pyridine rings is 1. The number of carbonyl (C=O) groups excluding carboxylic acids is 1. The van der Waals surface area contributed by atoms with Crippen molar-refractivity contribution in [2.45, 2.75) is 39.2 Å². The second-order valence-corrected chi connectivity index (χ2v) is 7.40. The molecule has 0 atom stereocenters. The molecule has 4 N–H and O–H groups in total. The number of hydrogen-bond acceptors (Lipinski definition) is 5. The van der Waals surface area contributed by atoms with Gasteiger partial charge in [0.2, 0.25) is 5.91 Å². The van der Waals surface area contributed by atoms with Gasteiger partial charge in [0.05, 0.1) is 6.61 Å². The summed E-state index contributed by atoms with van der Waals surface area (Å²) in [4.78, 5) is 26.1. The van der Waals surface area contributed by atoms with E-state index >= 15 is 0 Å². The zero-order valence-corrected chi connectivity index (χ0v) is 16.5. The number of nitrogens with zero attached hydrogens (tertiary/aromatic N) is 1. The Labute approximate surface area is 164 Å². The molecular formula is C21H26N4O3. The van der Waals surface area contributed by atoms with Crippen molar-refractivity contribution in [2.24, 2.45) is 5.73 Å². The SMILES string of the molecule is Cc1[nH]c(=O)c(C#N)cc1-c1ccc(OCCCC(=O)NCC(C)(C)N)cc1. The predicted molar refractivity (Wildman–Crippen MR) is 108 cm³/mol. The minimum atomic E-state index is -0.425. The van der Waals surface area contributed by atoms with Gasteiger partial charge < -0.3 is 20.8 Å². The summed E-state index contributed by atoms with van der Waals surface area (Å²) < 4.78 is 5.67. The Bertz CT molecular complexity index is 919. The topological polar surface area (TPSA) is 121 Å². The Morgan fingerprint density at radius 2 is 2.00 bits per heavy atom. The zero-order valence-electron chi connectivity index (χ0n) is 16.5. The van der Waals surface area contributed by atoms with Gasteiger partial charge in [0.15, 0.2) is 0 Å². The van der Waals surface area contributed by atoms with Crippen molar-refractivity contribution >= 4 is 5.91 Å². The van der Waals surface area contributed by atoms with Crippen LogP contribution in [-0.4, -0.2) is 29.6 Å². The Kier molecular flexibility index (Phi) is 6.96. The molecule has 7 heteroatoms. The first-order valence-electron chi connectivity index (χ1n) is 9.12. The maximum absolute atomic E-state index is 11.7. The van der Waals surface area contributed by atoms with E-state index in [1.54, 1.807) is 13.0 Å². The highest BCUT2D eigenvalue weighted by Gasteiger charge is 2.12. The van der Waals surface area contributed by atoms with Crippen molar-refractivity contribution in [2.75, 3.05) is 13.2 Å². The van der Waals surface area contributed by atoms with Crippen molar-refractivity contribution in [3.05, 3.63) is 51.9 Å². The Hall–Kier alpha value is -3.11. The second kappa shape index (κ2) is 9.20. The van der Waals surface area contributed by atoms with Gasteiger partial charge in [-0.05, 0) is 51.0 Å². The minimum absolute atomic E-state index is 0.0423. The fourth-order valence-electron chi connectivity index (χ4n) is 2.57. The summed E-state index contributed by atoms with van der Waals surface area (Å²) in [7, 11) is 0. The van der Waals surface area contributed by atoms with Crippen LogP contribution in [0.15, 0.2) is 35.1 Å². The first-order chi connectivity index (χ1) is 13.2. The van der Waals surface area contributed by atoms with Crippen molar-refractivity contribution in [1.29, 1.82) is 5.26 Å². The molecule has 0 saturated carbocycles. The van der Waals surface area contributed by atoms with Crippen LogP contribution in [0.3, 0.4) is 0 Å². The summed E-state index contributed by atoms with van der Waals surface area (Å²) in [5.41, 5.74) is 7.47. The van der Waals surface area contributed by atoms with Crippen molar-refractivity contribution in [1.82, 2.24) is 10.3 Å².